The largest absolute Gasteiger partial charge is 0.493 e. The summed E-state index contributed by atoms with van der Waals surface area (Å²) in [5, 5.41) is -0.370. The minimum atomic E-state index is -0.546. The summed E-state index contributed by atoms with van der Waals surface area (Å²) >= 11 is 5.79. The van der Waals surface area contributed by atoms with Crippen LogP contribution in [0.15, 0.2) is 18.2 Å². The summed E-state index contributed by atoms with van der Waals surface area (Å²) in [7, 11) is 1.59. The Morgan fingerprint density at radius 3 is 2.61 bits per heavy atom. The van der Waals surface area contributed by atoms with Crippen molar-refractivity contribution in [3.05, 3.63) is 23.8 Å². The first-order valence-electron chi connectivity index (χ1n) is 6.15. The SMILES string of the molecule is CCC1(CC)Oc2c(OC)cccc2C1C(=O)Cl. The molecule has 1 aromatic rings. The van der Waals surface area contributed by atoms with Gasteiger partial charge < -0.3 is 9.47 Å². The van der Waals surface area contributed by atoms with E-state index in [9.17, 15) is 4.79 Å². The zero-order chi connectivity index (χ0) is 13.3. The second-order valence-electron chi connectivity index (χ2n) is 4.49. The van der Waals surface area contributed by atoms with Crippen molar-refractivity contribution in [2.75, 3.05) is 7.11 Å². The zero-order valence-electron chi connectivity index (χ0n) is 10.8. The van der Waals surface area contributed by atoms with Crippen molar-refractivity contribution in [3.63, 3.8) is 0 Å². The van der Waals surface area contributed by atoms with Gasteiger partial charge in [0.2, 0.25) is 5.24 Å². The van der Waals surface area contributed by atoms with Crippen LogP contribution in [0, 0.1) is 0 Å². The number of para-hydroxylation sites is 1. The lowest BCUT2D eigenvalue weighted by molar-refractivity contribution is -0.116. The maximum atomic E-state index is 11.8. The molecule has 98 valence electrons. The number of halogens is 1. The molecule has 0 radical (unpaired) electrons. The van der Waals surface area contributed by atoms with E-state index >= 15 is 0 Å². The zero-order valence-corrected chi connectivity index (χ0v) is 11.6. The normalized spacial score (nSPS) is 20.1. The molecule has 0 aliphatic carbocycles. The van der Waals surface area contributed by atoms with Crippen LogP contribution in [0.2, 0.25) is 0 Å². The number of ether oxygens (including phenoxy) is 2. The van der Waals surface area contributed by atoms with Crippen LogP contribution in [0.3, 0.4) is 0 Å². The maximum Gasteiger partial charge on any atom is 0.233 e. The quantitative estimate of drug-likeness (QED) is 0.784. The van der Waals surface area contributed by atoms with Gasteiger partial charge in [0.15, 0.2) is 11.5 Å². The van der Waals surface area contributed by atoms with E-state index in [0.29, 0.717) is 11.5 Å². The Bertz CT molecular complexity index is 466. The molecule has 18 heavy (non-hydrogen) atoms. The Morgan fingerprint density at radius 2 is 2.11 bits per heavy atom. The molecule has 1 aliphatic heterocycles. The smallest absolute Gasteiger partial charge is 0.233 e. The Balaban J connectivity index is 2.59. The van der Waals surface area contributed by atoms with Gasteiger partial charge in [0.25, 0.3) is 0 Å². The third kappa shape index (κ3) is 1.77. The van der Waals surface area contributed by atoms with Gasteiger partial charge in [-0.15, -0.1) is 0 Å². The van der Waals surface area contributed by atoms with Crippen LogP contribution in [0.4, 0.5) is 0 Å². The second kappa shape index (κ2) is 4.81. The van der Waals surface area contributed by atoms with Gasteiger partial charge in [0.05, 0.1) is 7.11 Å². The highest BCUT2D eigenvalue weighted by molar-refractivity contribution is 6.65. The van der Waals surface area contributed by atoms with Crippen molar-refractivity contribution in [2.24, 2.45) is 0 Å². The predicted molar refractivity (Wildman–Crippen MR) is 70.5 cm³/mol. The third-order valence-corrected chi connectivity index (χ3v) is 4.01. The Kier molecular flexibility index (Phi) is 3.53. The Labute approximate surface area is 112 Å². The van der Waals surface area contributed by atoms with Crippen molar-refractivity contribution < 1.29 is 14.3 Å². The molecule has 0 N–H and O–H groups in total. The van der Waals surface area contributed by atoms with E-state index in [4.69, 9.17) is 21.1 Å². The molecule has 1 aliphatic rings. The molecule has 0 aromatic heterocycles. The van der Waals surface area contributed by atoms with Gasteiger partial charge in [-0.25, -0.2) is 0 Å². The number of fused-ring (bicyclic) bond motifs is 1. The topological polar surface area (TPSA) is 35.5 Å². The minimum Gasteiger partial charge on any atom is -0.493 e. The summed E-state index contributed by atoms with van der Waals surface area (Å²) < 4.78 is 11.3. The Morgan fingerprint density at radius 1 is 1.44 bits per heavy atom. The fourth-order valence-electron chi connectivity index (χ4n) is 2.71. The highest BCUT2D eigenvalue weighted by Gasteiger charge is 2.50. The first kappa shape index (κ1) is 13.2. The monoisotopic (exact) mass is 268 g/mol. The third-order valence-electron chi connectivity index (χ3n) is 3.80. The summed E-state index contributed by atoms with van der Waals surface area (Å²) in [5.74, 6) is 0.890. The highest BCUT2D eigenvalue weighted by atomic mass is 35.5. The maximum absolute atomic E-state index is 11.8. The summed E-state index contributed by atoms with van der Waals surface area (Å²) in [5.41, 5.74) is 0.286. The lowest BCUT2D eigenvalue weighted by Crippen LogP contribution is -2.39. The highest BCUT2D eigenvalue weighted by Crippen LogP contribution is 2.52. The molecule has 1 atom stereocenters. The van der Waals surface area contributed by atoms with Gasteiger partial charge in [-0.05, 0) is 30.5 Å². The second-order valence-corrected chi connectivity index (χ2v) is 4.86. The number of benzene rings is 1. The molecule has 3 nitrogen and oxygen atoms in total. The summed E-state index contributed by atoms with van der Waals surface area (Å²) in [4.78, 5) is 11.8. The molecule has 0 saturated heterocycles. The molecule has 0 bridgehead atoms. The number of hydrogen-bond donors (Lipinski definition) is 0. The first-order valence-corrected chi connectivity index (χ1v) is 6.52. The standard InChI is InChI=1S/C14H17ClO3/c1-4-14(5-2)11(13(15)16)9-7-6-8-10(17-3)12(9)18-14/h6-8,11H,4-5H2,1-3H3. The molecule has 1 aromatic carbocycles. The molecule has 1 unspecified atom stereocenters. The van der Waals surface area contributed by atoms with Gasteiger partial charge in [-0.2, -0.15) is 0 Å². The van der Waals surface area contributed by atoms with Gasteiger partial charge in [-0.3, -0.25) is 4.79 Å². The molecule has 2 rings (SSSR count). The van der Waals surface area contributed by atoms with E-state index in [2.05, 4.69) is 0 Å². The molecule has 0 saturated carbocycles. The average molecular weight is 269 g/mol. The van der Waals surface area contributed by atoms with E-state index in [0.717, 1.165) is 18.4 Å². The van der Waals surface area contributed by atoms with E-state index in [1.807, 2.05) is 32.0 Å². The van der Waals surface area contributed by atoms with Crippen LogP contribution in [-0.2, 0) is 4.79 Å². The molecule has 0 amide bonds. The lowest BCUT2D eigenvalue weighted by atomic mass is 9.81. The van der Waals surface area contributed by atoms with Crippen LogP contribution in [0.5, 0.6) is 11.5 Å². The summed E-state index contributed by atoms with van der Waals surface area (Å²) in [6.07, 6.45) is 1.45. The fourth-order valence-corrected chi connectivity index (χ4v) is 3.02. The lowest BCUT2D eigenvalue weighted by Gasteiger charge is -2.30. The number of carbonyl (C=O) groups is 1. The van der Waals surface area contributed by atoms with E-state index in [-0.39, 0.29) is 5.24 Å². The molecular formula is C14H17ClO3. The van der Waals surface area contributed by atoms with Crippen LogP contribution < -0.4 is 9.47 Å². The van der Waals surface area contributed by atoms with Gasteiger partial charge in [0.1, 0.15) is 11.5 Å². The molecule has 0 fully saturated rings. The van der Waals surface area contributed by atoms with Crippen molar-refractivity contribution in [3.8, 4) is 11.5 Å². The van der Waals surface area contributed by atoms with Crippen LogP contribution in [-0.4, -0.2) is 18.0 Å². The van der Waals surface area contributed by atoms with Gasteiger partial charge in [-0.1, -0.05) is 26.0 Å². The van der Waals surface area contributed by atoms with Crippen LogP contribution in [0.25, 0.3) is 0 Å². The number of hydrogen-bond acceptors (Lipinski definition) is 3. The Hall–Kier alpha value is -1.22. The molecule has 0 spiro atoms. The predicted octanol–water partition coefficient (Wildman–Crippen LogP) is 3.50. The first-order chi connectivity index (χ1) is 8.59. The fraction of sp³-hybridized carbons (Fsp3) is 0.500. The van der Waals surface area contributed by atoms with Crippen LogP contribution >= 0.6 is 11.6 Å². The average Bonchev–Trinajstić information content (AvgIpc) is 2.73. The van der Waals surface area contributed by atoms with E-state index in [1.165, 1.54) is 0 Å². The van der Waals surface area contributed by atoms with Crippen molar-refractivity contribution in [2.45, 2.75) is 38.2 Å². The summed E-state index contributed by atoms with van der Waals surface area (Å²) in [6.45, 7) is 4.02. The molecule has 4 heteroatoms. The van der Waals surface area contributed by atoms with Crippen molar-refractivity contribution in [1.29, 1.82) is 0 Å². The van der Waals surface area contributed by atoms with Crippen molar-refractivity contribution >= 4 is 16.8 Å². The number of rotatable bonds is 4. The van der Waals surface area contributed by atoms with E-state index in [1.54, 1.807) is 7.11 Å². The number of methoxy groups -OCH3 is 1. The van der Waals surface area contributed by atoms with E-state index < -0.39 is 11.5 Å². The van der Waals surface area contributed by atoms with Crippen LogP contribution in [0.1, 0.15) is 38.2 Å². The van der Waals surface area contributed by atoms with Gasteiger partial charge in [0, 0.05) is 5.56 Å². The molecule has 1 heterocycles. The van der Waals surface area contributed by atoms with Crippen molar-refractivity contribution in [1.82, 2.24) is 0 Å². The molecular weight excluding hydrogens is 252 g/mol. The van der Waals surface area contributed by atoms with Gasteiger partial charge >= 0.3 is 0 Å². The summed E-state index contributed by atoms with van der Waals surface area (Å²) in [6, 6.07) is 5.57. The number of carbonyl (C=O) groups excluding carboxylic acids is 1. The minimum absolute atomic E-state index is 0.370.